The van der Waals surface area contributed by atoms with Crippen molar-refractivity contribution in [3.8, 4) is 0 Å². The van der Waals surface area contributed by atoms with Crippen molar-refractivity contribution in [2.45, 2.75) is 31.6 Å². The standard InChI is InChI=1S/C27H34N6O6/c34-22-16-28-26(29-17-22)30-20-7-4-8-21(15-20)32-11-13-33(14-12-32)24(35)10-9-23(25(36)37)31-27(38)39-18-19-5-2-1-3-6-19/h1-8,15,22-23,34H,9-14,16-18H2,(H,31,38)(H,36,37)(H2,28,29,30)/t23-/m0/s1. The highest BCUT2D eigenvalue weighted by Gasteiger charge is 2.26. The zero-order chi connectivity index (χ0) is 27.6. The molecule has 0 saturated carbocycles. The number of aliphatic imine (C=N–C) groups is 1. The van der Waals surface area contributed by atoms with E-state index in [1.54, 1.807) is 17.0 Å². The zero-order valence-corrected chi connectivity index (χ0v) is 21.6. The minimum Gasteiger partial charge on any atom is -0.480 e. The van der Waals surface area contributed by atoms with Gasteiger partial charge in [0.1, 0.15) is 12.6 Å². The number of benzene rings is 2. The van der Waals surface area contributed by atoms with Gasteiger partial charge in [0.05, 0.1) is 12.6 Å². The van der Waals surface area contributed by atoms with Crippen molar-refractivity contribution >= 4 is 35.3 Å². The number of nitrogens with one attached hydrogen (secondary N) is 3. The molecule has 2 amide bonds. The number of hydrogen-bond acceptors (Lipinski definition) is 9. The second kappa shape index (κ2) is 13.5. The van der Waals surface area contributed by atoms with E-state index < -0.39 is 24.2 Å². The Morgan fingerprint density at radius 1 is 1.08 bits per heavy atom. The van der Waals surface area contributed by atoms with Crippen LogP contribution in [0.5, 0.6) is 0 Å². The molecule has 0 aromatic heterocycles. The Morgan fingerprint density at radius 3 is 2.54 bits per heavy atom. The van der Waals surface area contributed by atoms with Crippen LogP contribution in [0, 0.1) is 0 Å². The fourth-order valence-corrected chi connectivity index (χ4v) is 4.34. The maximum Gasteiger partial charge on any atom is 0.408 e. The van der Waals surface area contributed by atoms with Gasteiger partial charge >= 0.3 is 12.1 Å². The predicted octanol–water partition coefficient (Wildman–Crippen LogP) is 1.23. The highest BCUT2D eigenvalue weighted by molar-refractivity contribution is 5.94. The van der Waals surface area contributed by atoms with Crippen LogP contribution >= 0.6 is 0 Å². The second-order valence-corrected chi connectivity index (χ2v) is 9.40. The molecule has 5 N–H and O–H groups in total. The van der Waals surface area contributed by atoms with Gasteiger partial charge in [-0.05, 0) is 30.2 Å². The van der Waals surface area contributed by atoms with E-state index >= 15 is 0 Å². The average Bonchev–Trinajstić information content (AvgIpc) is 2.96. The van der Waals surface area contributed by atoms with Crippen LogP contribution in [-0.2, 0) is 20.9 Å². The van der Waals surface area contributed by atoms with Crippen molar-refractivity contribution < 1.29 is 29.3 Å². The molecule has 1 saturated heterocycles. The number of aliphatic carboxylic acids is 1. The normalized spacial score (nSPS) is 17.9. The van der Waals surface area contributed by atoms with Gasteiger partial charge in [-0.15, -0.1) is 0 Å². The number of piperazine rings is 1. The van der Waals surface area contributed by atoms with E-state index in [1.807, 2.05) is 42.5 Å². The third-order valence-electron chi connectivity index (χ3n) is 6.52. The van der Waals surface area contributed by atoms with Crippen LogP contribution in [0.3, 0.4) is 0 Å². The molecule has 39 heavy (non-hydrogen) atoms. The lowest BCUT2D eigenvalue weighted by Crippen LogP contribution is -2.49. The summed E-state index contributed by atoms with van der Waals surface area (Å²) in [5.41, 5.74) is 2.66. The van der Waals surface area contributed by atoms with Gasteiger partial charge in [0.15, 0.2) is 5.96 Å². The second-order valence-electron chi connectivity index (χ2n) is 9.40. The van der Waals surface area contributed by atoms with Gasteiger partial charge in [0, 0.05) is 50.5 Å². The fraction of sp³-hybridized carbons (Fsp3) is 0.407. The van der Waals surface area contributed by atoms with Crippen LogP contribution in [0.2, 0.25) is 0 Å². The SMILES string of the molecule is O=C(N[C@@H](CCC(=O)N1CCN(c2cccc(NC3=NCC(O)CN3)c2)CC1)C(=O)O)OCc1ccccc1. The minimum absolute atomic E-state index is 0.000847. The van der Waals surface area contributed by atoms with Crippen LogP contribution in [0.15, 0.2) is 59.6 Å². The average molecular weight is 539 g/mol. The maximum absolute atomic E-state index is 12.8. The summed E-state index contributed by atoms with van der Waals surface area (Å²) in [7, 11) is 0. The lowest BCUT2D eigenvalue weighted by atomic mass is 10.1. The Labute approximate surface area is 226 Å². The van der Waals surface area contributed by atoms with Gasteiger partial charge in [0.2, 0.25) is 5.91 Å². The Hall–Kier alpha value is -4.32. The van der Waals surface area contributed by atoms with Crippen LogP contribution in [0.1, 0.15) is 18.4 Å². The first-order valence-corrected chi connectivity index (χ1v) is 12.9. The van der Waals surface area contributed by atoms with Crippen molar-refractivity contribution in [3.05, 3.63) is 60.2 Å². The molecule has 2 aromatic rings. The molecule has 2 aromatic carbocycles. The minimum atomic E-state index is -1.22. The number of rotatable bonds is 9. The molecule has 0 bridgehead atoms. The van der Waals surface area contributed by atoms with E-state index in [1.165, 1.54) is 0 Å². The summed E-state index contributed by atoms with van der Waals surface area (Å²) >= 11 is 0. The Morgan fingerprint density at radius 2 is 1.85 bits per heavy atom. The molecule has 208 valence electrons. The predicted molar refractivity (Wildman–Crippen MR) is 146 cm³/mol. The number of aliphatic hydroxyl groups is 1. The van der Waals surface area contributed by atoms with Gasteiger partial charge in [-0.1, -0.05) is 36.4 Å². The van der Waals surface area contributed by atoms with Crippen molar-refractivity contribution in [2.75, 3.05) is 49.5 Å². The van der Waals surface area contributed by atoms with E-state index in [-0.39, 0.29) is 25.4 Å². The fourth-order valence-electron chi connectivity index (χ4n) is 4.34. The first-order chi connectivity index (χ1) is 18.9. The number of anilines is 2. The van der Waals surface area contributed by atoms with Crippen molar-refractivity contribution in [1.29, 1.82) is 0 Å². The molecule has 2 aliphatic heterocycles. The Balaban J connectivity index is 1.21. The van der Waals surface area contributed by atoms with Gasteiger partial charge in [-0.25, -0.2) is 9.59 Å². The highest BCUT2D eigenvalue weighted by Crippen LogP contribution is 2.21. The molecule has 0 spiro atoms. The van der Waals surface area contributed by atoms with Gasteiger partial charge in [-0.3, -0.25) is 9.79 Å². The number of β-amino-alcohol motifs (C(OH)–C–C–N with tert-alkyl or cyclic N) is 1. The third kappa shape index (κ3) is 8.34. The van der Waals surface area contributed by atoms with E-state index in [0.29, 0.717) is 45.2 Å². The summed E-state index contributed by atoms with van der Waals surface area (Å²) in [6.07, 6.45) is -1.35. The Bertz CT molecular complexity index is 1170. The molecular weight excluding hydrogens is 504 g/mol. The van der Waals surface area contributed by atoms with Crippen LogP contribution in [-0.4, -0.2) is 90.5 Å². The van der Waals surface area contributed by atoms with Crippen LogP contribution in [0.4, 0.5) is 16.2 Å². The Kier molecular flexibility index (Phi) is 9.57. The van der Waals surface area contributed by atoms with Crippen molar-refractivity contribution in [2.24, 2.45) is 4.99 Å². The molecule has 2 aliphatic rings. The summed E-state index contributed by atoms with van der Waals surface area (Å²) in [5.74, 6) is -0.755. The number of carboxylic acids is 1. The molecule has 12 heteroatoms. The van der Waals surface area contributed by atoms with E-state index in [0.717, 1.165) is 16.9 Å². The number of guanidine groups is 1. The smallest absolute Gasteiger partial charge is 0.408 e. The number of aliphatic hydroxyl groups excluding tert-OH is 1. The summed E-state index contributed by atoms with van der Waals surface area (Å²) in [5, 5.41) is 27.7. The van der Waals surface area contributed by atoms with Crippen molar-refractivity contribution in [1.82, 2.24) is 15.5 Å². The van der Waals surface area contributed by atoms with E-state index in [9.17, 15) is 24.6 Å². The van der Waals surface area contributed by atoms with E-state index in [2.05, 4.69) is 25.8 Å². The number of carbonyl (C=O) groups excluding carboxylic acids is 2. The van der Waals surface area contributed by atoms with Gasteiger partial charge in [-0.2, -0.15) is 0 Å². The first-order valence-electron chi connectivity index (χ1n) is 12.9. The third-order valence-corrected chi connectivity index (χ3v) is 6.52. The number of hydrogen-bond donors (Lipinski definition) is 5. The molecule has 0 radical (unpaired) electrons. The number of carboxylic acid groups (broad SMARTS) is 1. The topological polar surface area (TPSA) is 156 Å². The number of nitrogens with zero attached hydrogens (tertiary/aromatic N) is 3. The molecule has 1 unspecified atom stereocenters. The lowest BCUT2D eigenvalue weighted by molar-refractivity contribution is -0.140. The largest absolute Gasteiger partial charge is 0.480 e. The summed E-state index contributed by atoms with van der Waals surface area (Å²) < 4.78 is 5.10. The van der Waals surface area contributed by atoms with Crippen molar-refractivity contribution in [3.63, 3.8) is 0 Å². The van der Waals surface area contributed by atoms with Gasteiger partial charge < -0.3 is 40.7 Å². The van der Waals surface area contributed by atoms with Gasteiger partial charge in [0.25, 0.3) is 0 Å². The molecule has 2 atom stereocenters. The molecule has 12 nitrogen and oxygen atoms in total. The summed E-state index contributed by atoms with van der Waals surface area (Å²) in [4.78, 5) is 44.7. The molecule has 0 aliphatic carbocycles. The molecular formula is C27H34N6O6. The lowest BCUT2D eigenvalue weighted by Gasteiger charge is -2.36. The van der Waals surface area contributed by atoms with Crippen LogP contribution in [0.25, 0.3) is 0 Å². The number of amides is 2. The zero-order valence-electron chi connectivity index (χ0n) is 21.6. The molecule has 2 heterocycles. The van der Waals surface area contributed by atoms with Crippen LogP contribution < -0.4 is 20.9 Å². The molecule has 1 fully saturated rings. The number of carbonyl (C=O) groups is 3. The molecule has 4 rings (SSSR count). The first kappa shape index (κ1) is 27.7. The maximum atomic E-state index is 12.8. The number of ether oxygens (including phenoxy) is 1. The summed E-state index contributed by atoms with van der Waals surface area (Å²) in [6.45, 7) is 3.10. The van der Waals surface area contributed by atoms with E-state index in [4.69, 9.17) is 4.74 Å². The summed E-state index contributed by atoms with van der Waals surface area (Å²) in [6, 6.07) is 15.7. The number of alkyl carbamates (subject to hydrolysis) is 1. The highest BCUT2D eigenvalue weighted by atomic mass is 16.5. The quantitative estimate of drug-likeness (QED) is 0.317. The monoisotopic (exact) mass is 538 g/mol.